The first-order chi connectivity index (χ1) is 10.0. The van der Waals surface area contributed by atoms with Gasteiger partial charge in [0.25, 0.3) is 0 Å². The van der Waals surface area contributed by atoms with Crippen LogP contribution in [-0.2, 0) is 4.74 Å². The fourth-order valence-corrected chi connectivity index (χ4v) is 4.24. The largest absolute Gasteiger partial charge is 0.377 e. The minimum Gasteiger partial charge on any atom is -0.377 e. The van der Waals surface area contributed by atoms with Gasteiger partial charge in [-0.3, -0.25) is 0 Å². The van der Waals surface area contributed by atoms with Crippen LogP contribution < -0.4 is 5.32 Å². The Morgan fingerprint density at radius 2 is 2.10 bits per heavy atom. The van der Waals surface area contributed by atoms with Crippen molar-refractivity contribution in [2.45, 2.75) is 71.4 Å². The van der Waals surface area contributed by atoms with Gasteiger partial charge in [-0.15, -0.1) is 0 Å². The highest BCUT2D eigenvalue weighted by molar-refractivity contribution is 4.90. The molecule has 1 N–H and O–H groups in total. The van der Waals surface area contributed by atoms with Gasteiger partial charge in [-0.2, -0.15) is 0 Å². The molecule has 0 aromatic rings. The van der Waals surface area contributed by atoms with Gasteiger partial charge in [0, 0.05) is 25.7 Å². The van der Waals surface area contributed by atoms with Crippen LogP contribution in [0.5, 0.6) is 0 Å². The van der Waals surface area contributed by atoms with Crippen LogP contribution in [0.25, 0.3) is 0 Å². The topological polar surface area (TPSA) is 24.5 Å². The normalized spacial score (nSPS) is 34.0. The molecule has 0 bridgehead atoms. The maximum absolute atomic E-state index is 5.99. The molecule has 2 fully saturated rings. The Bertz CT molecular complexity index is 306. The minimum absolute atomic E-state index is 0.475. The second-order valence-electron chi connectivity index (χ2n) is 7.96. The van der Waals surface area contributed by atoms with Crippen LogP contribution in [0.1, 0.15) is 59.3 Å². The van der Waals surface area contributed by atoms with E-state index in [4.69, 9.17) is 4.74 Å². The molecule has 2 rings (SSSR count). The summed E-state index contributed by atoms with van der Waals surface area (Å²) in [5, 5.41) is 3.57. The predicted octanol–water partition coefficient (Wildman–Crippen LogP) is 3.29. The Morgan fingerprint density at radius 3 is 2.81 bits per heavy atom. The highest BCUT2D eigenvalue weighted by Gasteiger charge is 2.35. The Morgan fingerprint density at radius 1 is 1.29 bits per heavy atom. The molecule has 124 valence electrons. The van der Waals surface area contributed by atoms with Crippen LogP contribution in [0.4, 0.5) is 0 Å². The molecule has 0 spiro atoms. The van der Waals surface area contributed by atoms with E-state index >= 15 is 0 Å². The molecule has 1 heterocycles. The van der Waals surface area contributed by atoms with E-state index < -0.39 is 0 Å². The zero-order valence-electron chi connectivity index (χ0n) is 14.7. The number of likely N-dealkylation sites (tertiary alicyclic amines) is 1. The second-order valence-corrected chi connectivity index (χ2v) is 7.96. The average Bonchev–Trinajstić information content (AvgIpc) is 2.45. The summed E-state index contributed by atoms with van der Waals surface area (Å²) in [7, 11) is 2.14. The van der Waals surface area contributed by atoms with Crippen molar-refractivity contribution in [1.82, 2.24) is 10.2 Å². The van der Waals surface area contributed by atoms with E-state index in [1.807, 2.05) is 0 Å². The Hall–Kier alpha value is -0.120. The molecule has 3 unspecified atom stereocenters. The summed E-state index contributed by atoms with van der Waals surface area (Å²) in [5.74, 6) is 0.795. The van der Waals surface area contributed by atoms with Crippen molar-refractivity contribution < 1.29 is 4.74 Å². The second kappa shape index (κ2) is 7.94. The van der Waals surface area contributed by atoms with Crippen molar-refractivity contribution in [2.75, 3.05) is 33.3 Å². The third kappa shape index (κ3) is 5.22. The van der Waals surface area contributed by atoms with Gasteiger partial charge in [0.15, 0.2) is 0 Å². The lowest BCUT2D eigenvalue weighted by atomic mass is 9.69. The standard InChI is InChI=1S/C18H36N2O/c1-5-11-21-16-7-6-10-20(14-16)13-15-12-18(2,3)9-8-17(15)19-4/h15-17,19H,5-14H2,1-4H3. The summed E-state index contributed by atoms with van der Waals surface area (Å²) in [4.78, 5) is 2.67. The van der Waals surface area contributed by atoms with E-state index in [0.29, 0.717) is 17.6 Å². The Kier molecular flexibility index (Phi) is 6.51. The van der Waals surface area contributed by atoms with Gasteiger partial charge < -0.3 is 15.0 Å². The van der Waals surface area contributed by atoms with Crippen LogP contribution >= 0.6 is 0 Å². The van der Waals surface area contributed by atoms with Gasteiger partial charge in [0.1, 0.15) is 0 Å². The molecule has 1 aliphatic heterocycles. The average molecular weight is 296 g/mol. The first kappa shape index (κ1) is 17.2. The lowest BCUT2D eigenvalue weighted by molar-refractivity contribution is -0.0104. The summed E-state index contributed by atoms with van der Waals surface area (Å²) >= 11 is 0. The third-order valence-electron chi connectivity index (χ3n) is 5.40. The molecule has 0 radical (unpaired) electrons. The first-order valence-corrected chi connectivity index (χ1v) is 9.05. The monoisotopic (exact) mass is 296 g/mol. The van der Waals surface area contributed by atoms with Crippen molar-refractivity contribution in [3.05, 3.63) is 0 Å². The highest BCUT2D eigenvalue weighted by Crippen LogP contribution is 2.39. The maximum Gasteiger partial charge on any atom is 0.0702 e. The molecule has 21 heavy (non-hydrogen) atoms. The number of rotatable bonds is 6. The predicted molar refractivity (Wildman–Crippen MR) is 89.7 cm³/mol. The van der Waals surface area contributed by atoms with E-state index in [0.717, 1.165) is 25.5 Å². The van der Waals surface area contributed by atoms with Crippen LogP contribution in [0, 0.1) is 11.3 Å². The lowest BCUT2D eigenvalue weighted by Crippen LogP contribution is -2.49. The number of nitrogens with zero attached hydrogens (tertiary/aromatic N) is 1. The lowest BCUT2D eigenvalue weighted by Gasteiger charge is -2.44. The van der Waals surface area contributed by atoms with Gasteiger partial charge in [-0.1, -0.05) is 20.8 Å². The smallest absolute Gasteiger partial charge is 0.0702 e. The van der Waals surface area contributed by atoms with E-state index in [9.17, 15) is 0 Å². The summed E-state index contributed by atoms with van der Waals surface area (Å²) in [6.45, 7) is 11.7. The molecule has 2 aliphatic rings. The van der Waals surface area contributed by atoms with E-state index in [1.54, 1.807) is 0 Å². The first-order valence-electron chi connectivity index (χ1n) is 9.05. The SMILES string of the molecule is CCCOC1CCCN(CC2CC(C)(C)CCC2NC)C1. The molecule has 0 aromatic carbocycles. The van der Waals surface area contributed by atoms with Gasteiger partial charge in [-0.05, 0) is 63.5 Å². The quantitative estimate of drug-likeness (QED) is 0.814. The van der Waals surface area contributed by atoms with Gasteiger partial charge >= 0.3 is 0 Å². The highest BCUT2D eigenvalue weighted by atomic mass is 16.5. The van der Waals surface area contributed by atoms with Crippen LogP contribution in [-0.4, -0.2) is 50.3 Å². The van der Waals surface area contributed by atoms with Crippen molar-refractivity contribution >= 4 is 0 Å². The van der Waals surface area contributed by atoms with Crippen molar-refractivity contribution in [2.24, 2.45) is 11.3 Å². The number of hydrogen-bond donors (Lipinski definition) is 1. The molecule has 3 heteroatoms. The molecule has 3 nitrogen and oxygen atoms in total. The molecule has 1 aliphatic carbocycles. The summed E-state index contributed by atoms with van der Waals surface area (Å²) in [6.07, 6.45) is 8.21. The molecular formula is C18H36N2O. The molecule has 3 atom stereocenters. The van der Waals surface area contributed by atoms with Gasteiger partial charge in [-0.25, -0.2) is 0 Å². The maximum atomic E-state index is 5.99. The van der Waals surface area contributed by atoms with Crippen LogP contribution in [0.15, 0.2) is 0 Å². The number of ether oxygens (including phenoxy) is 1. The fourth-order valence-electron chi connectivity index (χ4n) is 4.24. The molecule has 0 aromatic heterocycles. The van der Waals surface area contributed by atoms with Crippen LogP contribution in [0.2, 0.25) is 0 Å². The zero-order chi connectivity index (χ0) is 15.3. The number of piperidine rings is 1. The zero-order valence-corrected chi connectivity index (χ0v) is 14.7. The van der Waals surface area contributed by atoms with Crippen molar-refractivity contribution in [1.29, 1.82) is 0 Å². The van der Waals surface area contributed by atoms with Gasteiger partial charge in [0.2, 0.25) is 0 Å². The Balaban J connectivity index is 1.86. The molecule has 1 saturated heterocycles. The Labute approximate surface area is 131 Å². The summed E-state index contributed by atoms with van der Waals surface area (Å²) in [5.41, 5.74) is 0.520. The van der Waals surface area contributed by atoms with Crippen molar-refractivity contribution in [3.8, 4) is 0 Å². The van der Waals surface area contributed by atoms with E-state index in [2.05, 4.69) is 38.0 Å². The van der Waals surface area contributed by atoms with Gasteiger partial charge in [0.05, 0.1) is 6.10 Å². The molecular weight excluding hydrogens is 260 g/mol. The third-order valence-corrected chi connectivity index (χ3v) is 5.40. The van der Waals surface area contributed by atoms with E-state index in [1.165, 1.54) is 45.2 Å². The summed E-state index contributed by atoms with van der Waals surface area (Å²) < 4.78 is 5.99. The minimum atomic E-state index is 0.475. The number of hydrogen-bond acceptors (Lipinski definition) is 3. The fraction of sp³-hybridized carbons (Fsp3) is 1.00. The summed E-state index contributed by atoms with van der Waals surface area (Å²) in [6, 6.07) is 0.704. The molecule has 0 amide bonds. The van der Waals surface area contributed by atoms with Crippen LogP contribution in [0.3, 0.4) is 0 Å². The number of nitrogens with one attached hydrogen (secondary N) is 1. The van der Waals surface area contributed by atoms with E-state index in [-0.39, 0.29) is 0 Å². The van der Waals surface area contributed by atoms with Crippen molar-refractivity contribution in [3.63, 3.8) is 0 Å². The molecule has 1 saturated carbocycles.